The summed E-state index contributed by atoms with van der Waals surface area (Å²) in [7, 11) is 0. The number of piperazine rings is 1. The third-order valence-corrected chi connectivity index (χ3v) is 5.16. The van der Waals surface area contributed by atoms with Gasteiger partial charge in [0.2, 0.25) is 0 Å². The smallest absolute Gasteiger partial charge is 0.370 e. The van der Waals surface area contributed by atoms with E-state index in [0.29, 0.717) is 6.07 Å². The van der Waals surface area contributed by atoms with Crippen LogP contribution < -0.4 is 16.0 Å². The molecule has 0 atom stereocenters. The fourth-order valence-electron chi connectivity index (χ4n) is 3.54. The molecule has 0 spiro atoms. The number of halogens is 7. The van der Waals surface area contributed by atoms with Gasteiger partial charge in [-0.2, -0.15) is 26.3 Å². The molecule has 2 aromatic carbocycles. The van der Waals surface area contributed by atoms with E-state index in [1.807, 2.05) is 5.32 Å². The second-order valence-corrected chi connectivity index (χ2v) is 7.46. The molecule has 1 aliphatic heterocycles. The van der Waals surface area contributed by atoms with Crippen LogP contribution in [0.25, 0.3) is 0 Å². The van der Waals surface area contributed by atoms with E-state index in [1.165, 1.54) is 15.9 Å². The number of nitrogens with two attached hydrogens (primary N) is 1. The van der Waals surface area contributed by atoms with Gasteiger partial charge in [-0.1, -0.05) is 6.07 Å². The van der Waals surface area contributed by atoms with Crippen LogP contribution in [0.1, 0.15) is 31.8 Å². The molecule has 190 valence electrons. The Hall–Kier alpha value is -3.48. The van der Waals surface area contributed by atoms with Crippen LogP contribution in [0.2, 0.25) is 0 Å². The number of hydrogen-bond donors (Lipinski definition) is 3. The van der Waals surface area contributed by atoms with Crippen molar-refractivity contribution in [2.45, 2.75) is 12.4 Å². The van der Waals surface area contributed by atoms with Crippen LogP contribution in [0.5, 0.6) is 0 Å². The summed E-state index contributed by atoms with van der Waals surface area (Å²) in [6.45, 7) is -0.0442. The Morgan fingerprint density at radius 1 is 0.886 bits per heavy atom. The summed E-state index contributed by atoms with van der Waals surface area (Å²) < 4.78 is 79.8. The number of anilines is 1. The molecule has 3 rings (SSSR count). The van der Waals surface area contributed by atoms with E-state index in [9.17, 15) is 35.9 Å². The number of benzene rings is 2. The van der Waals surface area contributed by atoms with Crippen molar-refractivity contribution in [3.8, 4) is 0 Å². The van der Waals surface area contributed by atoms with Gasteiger partial charge in [0.25, 0.3) is 11.8 Å². The summed E-state index contributed by atoms with van der Waals surface area (Å²) in [6.07, 6.45) is -9.41. The number of rotatable bonds is 3. The molecule has 4 N–H and O–H groups in total. The molecular formula is C21H20ClF6N5O2. The highest BCUT2D eigenvalue weighted by Gasteiger charge is 2.37. The minimum Gasteiger partial charge on any atom is -0.370 e. The van der Waals surface area contributed by atoms with E-state index in [0.717, 1.165) is 30.3 Å². The van der Waals surface area contributed by atoms with Gasteiger partial charge in [0.1, 0.15) is 0 Å². The third kappa shape index (κ3) is 6.56. The third-order valence-electron chi connectivity index (χ3n) is 5.16. The van der Waals surface area contributed by atoms with Crippen molar-refractivity contribution in [3.63, 3.8) is 0 Å². The molecule has 2 amide bonds. The highest BCUT2D eigenvalue weighted by Crippen LogP contribution is 2.38. The van der Waals surface area contributed by atoms with Gasteiger partial charge in [-0.25, -0.2) is 0 Å². The average molecular weight is 524 g/mol. The van der Waals surface area contributed by atoms with Crippen LogP contribution in [0.15, 0.2) is 42.5 Å². The van der Waals surface area contributed by atoms with Gasteiger partial charge in [0.05, 0.1) is 11.1 Å². The van der Waals surface area contributed by atoms with Crippen molar-refractivity contribution in [1.82, 2.24) is 10.2 Å². The first-order chi connectivity index (χ1) is 15.8. The van der Waals surface area contributed by atoms with E-state index in [1.54, 1.807) is 0 Å². The Labute approximate surface area is 201 Å². The zero-order chi connectivity index (χ0) is 25.3. The summed E-state index contributed by atoms with van der Waals surface area (Å²) in [6, 6.07) is 6.86. The van der Waals surface area contributed by atoms with Gasteiger partial charge >= 0.3 is 12.4 Å². The van der Waals surface area contributed by atoms with Gasteiger partial charge in [-0.15, -0.1) is 12.4 Å². The number of nitrogens with one attached hydrogen (secondary N) is 2. The van der Waals surface area contributed by atoms with E-state index >= 15 is 0 Å². The minimum atomic E-state index is -4.80. The van der Waals surface area contributed by atoms with Crippen molar-refractivity contribution in [2.24, 2.45) is 5.73 Å². The van der Waals surface area contributed by atoms with Crippen molar-refractivity contribution in [3.05, 3.63) is 64.7 Å². The zero-order valence-corrected chi connectivity index (χ0v) is 18.7. The number of alkyl halides is 6. The van der Waals surface area contributed by atoms with E-state index in [4.69, 9.17) is 11.1 Å². The highest BCUT2D eigenvalue weighted by atomic mass is 35.5. The molecule has 1 aliphatic rings. The predicted octanol–water partition coefficient (Wildman–Crippen LogP) is 3.73. The normalized spacial score (nSPS) is 14.2. The van der Waals surface area contributed by atoms with Gasteiger partial charge in [0, 0.05) is 43.0 Å². The Morgan fingerprint density at radius 2 is 1.51 bits per heavy atom. The lowest BCUT2D eigenvalue weighted by atomic mass is 10.1. The fraction of sp³-hybridized carbons (Fsp3) is 0.286. The second-order valence-electron chi connectivity index (χ2n) is 7.46. The fourth-order valence-corrected chi connectivity index (χ4v) is 3.54. The molecule has 0 saturated carbocycles. The van der Waals surface area contributed by atoms with Crippen LogP contribution in [-0.4, -0.2) is 48.9 Å². The second kappa shape index (κ2) is 10.4. The summed E-state index contributed by atoms with van der Waals surface area (Å²) in [5.74, 6) is -2.34. The molecule has 1 heterocycles. The van der Waals surface area contributed by atoms with Gasteiger partial charge < -0.3 is 15.5 Å². The molecule has 0 unspecified atom stereocenters. The Bertz CT molecular complexity index is 1110. The average Bonchev–Trinajstić information content (AvgIpc) is 2.77. The maximum atomic E-state index is 13.7. The summed E-state index contributed by atoms with van der Waals surface area (Å²) in [5, 5.41) is 8.95. The Balaban J connectivity index is 0.00000432. The number of carbonyl (C=O) groups is 2. The quantitative estimate of drug-likeness (QED) is 0.324. The van der Waals surface area contributed by atoms with Crippen LogP contribution in [0.3, 0.4) is 0 Å². The zero-order valence-electron chi connectivity index (χ0n) is 17.8. The first kappa shape index (κ1) is 27.8. The number of carbonyl (C=O) groups excluding carboxylic acids is 2. The summed E-state index contributed by atoms with van der Waals surface area (Å²) in [5.41, 5.74) is 2.27. The number of guanidine groups is 1. The van der Waals surface area contributed by atoms with E-state index in [-0.39, 0.29) is 55.4 Å². The van der Waals surface area contributed by atoms with Gasteiger partial charge in [0.15, 0.2) is 5.96 Å². The molecule has 2 aromatic rings. The summed E-state index contributed by atoms with van der Waals surface area (Å²) >= 11 is 0. The van der Waals surface area contributed by atoms with E-state index in [2.05, 4.69) is 0 Å². The molecule has 14 heteroatoms. The van der Waals surface area contributed by atoms with Crippen molar-refractivity contribution in [2.75, 3.05) is 31.1 Å². The van der Waals surface area contributed by atoms with Crippen molar-refractivity contribution >= 4 is 35.9 Å². The lowest BCUT2D eigenvalue weighted by molar-refractivity contribution is -0.138. The minimum absolute atomic E-state index is 0. The number of amides is 2. The Morgan fingerprint density at radius 3 is 2.06 bits per heavy atom. The van der Waals surface area contributed by atoms with Gasteiger partial charge in [-0.3, -0.25) is 20.3 Å². The molecule has 0 bridgehead atoms. The molecular weight excluding hydrogens is 504 g/mol. The molecule has 0 aliphatic carbocycles. The van der Waals surface area contributed by atoms with E-state index < -0.39 is 41.3 Å². The molecule has 1 saturated heterocycles. The SMILES string of the molecule is Cl.N=C(N)NC(=O)c1ccc(N2CCN(C(=O)c3cccc(C(F)(F)F)c3)CC2)c(C(F)(F)F)c1. The van der Waals surface area contributed by atoms with Crippen LogP contribution >= 0.6 is 12.4 Å². The molecule has 0 aromatic heterocycles. The maximum absolute atomic E-state index is 13.7. The maximum Gasteiger partial charge on any atom is 0.418 e. The van der Waals surface area contributed by atoms with Crippen LogP contribution in [0, 0.1) is 5.41 Å². The Kier molecular flexibility index (Phi) is 8.27. The molecule has 0 radical (unpaired) electrons. The first-order valence-electron chi connectivity index (χ1n) is 9.85. The van der Waals surface area contributed by atoms with Crippen LogP contribution in [-0.2, 0) is 12.4 Å². The standard InChI is InChI=1S/C21H19F6N5O2.ClH/c22-20(23,24)14-3-1-2-13(10-14)18(34)32-8-6-31(7-9-32)16-5-4-12(17(33)30-19(28)29)11-15(16)21(25,26)27;/h1-5,10-11H,6-9H2,(H4,28,29,30,33);1H. The van der Waals surface area contributed by atoms with Crippen LogP contribution in [0.4, 0.5) is 32.0 Å². The monoisotopic (exact) mass is 523 g/mol. The molecule has 1 fully saturated rings. The van der Waals surface area contributed by atoms with Gasteiger partial charge in [-0.05, 0) is 36.4 Å². The molecule has 35 heavy (non-hydrogen) atoms. The predicted molar refractivity (Wildman–Crippen MR) is 118 cm³/mol. The lowest BCUT2D eigenvalue weighted by Gasteiger charge is -2.37. The van der Waals surface area contributed by atoms with Crippen molar-refractivity contribution < 1.29 is 35.9 Å². The highest BCUT2D eigenvalue weighted by molar-refractivity contribution is 6.04. The lowest BCUT2D eigenvalue weighted by Crippen LogP contribution is -2.49. The number of hydrogen-bond acceptors (Lipinski definition) is 4. The molecule has 7 nitrogen and oxygen atoms in total. The topological polar surface area (TPSA) is 103 Å². The number of nitrogens with zero attached hydrogens (tertiary/aromatic N) is 2. The largest absolute Gasteiger partial charge is 0.418 e. The summed E-state index contributed by atoms with van der Waals surface area (Å²) in [4.78, 5) is 27.2. The van der Waals surface area contributed by atoms with Crippen molar-refractivity contribution in [1.29, 1.82) is 5.41 Å². The first-order valence-corrected chi connectivity index (χ1v) is 9.85.